The lowest BCUT2D eigenvalue weighted by Gasteiger charge is -2.27. The Kier molecular flexibility index (Phi) is 12.0. The third-order valence-corrected chi connectivity index (χ3v) is 12.4. The number of nitrogens with zero attached hydrogens (tertiary/aromatic N) is 4. The van der Waals surface area contributed by atoms with Crippen molar-refractivity contribution in [1.29, 1.82) is 0 Å². The highest BCUT2D eigenvalue weighted by atomic mass is 32.1. The summed E-state index contributed by atoms with van der Waals surface area (Å²) in [5, 5.41) is 8.58. The zero-order valence-corrected chi connectivity index (χ0v) is 35.3. The van der Waals surface area contributed by atoms with E-state index < -0.39 is 24.3 Å². The minimum atomic E-state index is -0.909. The first-order valence-electron chi connectivity index (χ1n) is 20.5. The number of likely N-dealkylation sites (tertiary alicyclic amines) is 1. The summed E-state index contributed by atoms with van der Waals surface area (Å²) in [6, 6.07) is 26.4. The van der Waals surface area contributed by atoms with Crippen LogP contribution in [0.25, 0.3) is 53.6 Å². The Balaban J connectivity index is 1.00. The summed E-state index contributed by atoms with van der Waals surface area (Å²) >= 11 is 1.72. The molecule has 1 fully saturated rings. The molecule has 4 aromatic carbocycles. The fourth-order valence-corrected chi connectivity index (χ4v) is 9.24. The SMILES string of the molecule is CCCN(Cc1nc2ccc3cc(-c4cc5ccc(-c6c[nH]c([C@@H]7CCCN7C(=O)C(CC)NC(=O)OC)n6)cc5s4)ccc3c2[nH]1)C(=O)[C@H](NC(=O)OC)c1ccccc1. The number of carbonyl (C=O) groups excluding carboxylic acids is 4. The van der Waals surface area contributed by atoms with Crippen molar-refractivity contribution in [2.45, 2.75) is 64.2 Å². The van der Waals surface area contributed by atoms with Crippen LogP contribution in [0.3, 0.4) is 0 Å². The minimum absolute atomic E-state index is 0.138. The molecule has 0 saturated carbocycles. The van der Waals surface area contributed by atoms with Crippen molar-refractivity contribution in [2.24, 2.45) is 0 Å². The number of thiophene rings is 1. The summed E-state index contributed by atoms with van der Waals surface area (Å²) in [4.78, 5) is 72.9. The first-order chi connectivity index (χ1) is 29.7. The molecule has 1 saturated heterocycles. The van der Waals surface area contributed by atoms with Gasteiger partial charge in [0, 0.05) is 39.8 Å². The van der Waals surface area contributed by atoms with Gasteiger partial charge in [0.15, 0.2) is 0 Å². The number of rotatable bonds is 13. The maximum absolute atomic E-state index is 14.0. The summed E-state index contributed by atoms with van der Waals surface area (Å²) in [5.41, 5.74) is 5.23. The largest absolute Gasteiger partial charge is 0.453 e. The van der Waals surface area contributed by atoms with E-state index in [1.165, 1.54) is 14.2 Å². The summed E-state index contributed by atoms with van der Waals surface area (Å²) in [6.07, 6.45) is 3.40. The van der Waals surface area contributed by atoms with E-state index in [2.05, 4.69) is 69.1 Å². The molecule has 4 N–H and O–H groups in total. The lowest BCUT2D eigenvalue weighted by molar-refractivity contribution is -0.135. The second-order valence-electron chi connectivity index (χ2n) is 15.1. The fourth-order valence-electron chi connectivity index (χ4n) is 8.14. The van der Waals surface area contributed by atoms with Crippen LogP contribution >= 0.6 is 11.3 Å². The number of carbonyl (C=O) groups is 4. The molecule has 7 aromatic rings. The third kappa shape index (κ3) is 8.51. The Morgan fingerprint density at radius 1 is 0.902 bits per heavy atom. The van der Waals surface area contributed by atoms with Crippen molar-refractivity contribution in [3.05, 3.63) is 108 Å². The highest BCUT2D eigenvalue weighted by molar-refractivity contribution is 7.22. The van der Waals surface area contributed by atoms with E-state index >= 15 is 0 Å². The van der Waals surface area contributed by atoms with Crippen LogP contribution in [0.5, 0.6) is 0 Å². The van der Waals surface area contributed by atoms with Crippen molar-refractivity contribution in [2.75, 3.05) is 27.3 Å². The zero-order chi connectivity index (χ0) is 42.6. The van der Waals surface area contributed by atoms with Crippen molar-refractivity contribution in [3.63, 3.8) is 0 Å². The summed E-state index contributed by atoms with van der Waals surface area (Å²) in [7, 11) is 2.57. The minimum Gasteiger partial charge on any atom is -0.453 e. The quantitative estimate of drug-likeness (QED) is 0.0893. The predicted octanol–water partition coefficient (Wildman–Crippen LogP) is 8.62. The molecule has 314 valence electrons. The number of benzene rings is 4. The first kappa shape index (κ1) is 41.0. The average Bonchev–Trinajstić information content (AvgIpc) is 4.12. The molecular weight excluding hydrogens is 793 g/mol. The Morgan fingerprint density at radius 3 is 2.44 bits per heavy atom. The van der Waals surface area contributed by atoms with Gasteiger partial charge in [-0.3, -0.25) is 9.59 Å². The van der Waals surface area contributed by atoms with E-state index in [1.807, 2.05) is 56.4 Å². The van der Waals surface area contributed by atoms with Crippen molar-refractivity contribution < 1.29 is 28.7 Å². The van der Waals surface area contributed by atoms with E-state index in [1.54, 1.807) is 21.1 Å². The number of H-pyrrole nitrogens is 2. The van der Waals surface area contributed by atoms with E-state index in [4.69, 9.17) is 19.4 Å². The smallest absolute Gasteiger partial charge is 0.407 e. The lowest BCUT2D eigenvalue weighted by Crippen LogP contribution is -2.48. The van der Waals surface area contributed by atoms with Gasteiger partial charge < -0.3 is 39.9 Å². The number of methoxy groups -OCH3 is 2. The van der Waals surface area contributed by atoms with Gasteiger partial charge in [0.25, 0.3) is 0 Å². The average molecular weight is 841 g/mol. The summed E-state index contributed by atoms with van der Waals surface area (Å²) in [6.45, 7) is 5.19. The highest BCUT2D eigenvalue weighted by Crippen LogP contribution is 2.38. The maximum Gasteiger partial charge on any atom is 0.407 e. The number of aromatic nitrogens is 4. The molecule has 1 aliphatic rings. The molecule has 61 heavy (non-hydrogen) atoms. The number of imidazole rings is 2. The van der Waals surface area contributed by atoms with Crippen molar-refractivity contribution in [3.8, 4) is 21.7 Å². The molecule has 3 atom stereocenters. The molecule has 0 spiro atoms. The van der Waals surface area contributed by atoms with Gasteiger partial charge in [0.1, 0.15) is 23.7 Å². The number of aromatic amines is 2. The molecule has 1 unspecified atom stereocenters. The molecule has 0 radical (unpaired) electrons. The van der Waals surface area contributed by atoms with Crippen LogP contribution in [0.1, 0.15) is 68.8 Å². The topological polar surface area (TPSA) is 175 Å². The number of ether oxygens (including phenoxy) is 2. The number of alkyl carbamates (subject to hydrolysis) is 2. The second kappa shape index (κ2) is 17.9. The van der Waals surface area contributed by atoms with Crippen LogP contribution in [-0.2, 0) is 25.6 Å². The molecule has 15 heteroatoms. The van der Waals surface area contributed by atoms with E-state index in [9.17, 15) is 19.2 Å². The van der Waals surface area contributed by atoms with Crippen LogP contribution in [0, 0.1) is 0 Å². The molecule has 0 aliphatic carbocycles. The Morgan fingerprint density at radius 2 is 1.67 bits per heavy atom. The number of nitrogens with one attached hydrogen (secondary N) is 4. The molecule has 14 nitrogen and oxygen atoms in total. The number of amides is 4. The van der Waals surface area contributed by atoms with E-state index in [0.29, 0.717) is 30.9 Å². The molecule has 3 aromatic heterocycles. The monoisotopic (exact) mass is 840 g/mol. The highest BCUT2D eigenvalue weighted by Gasteiger charge is 2.36. The van der Waals surface area contributed by atoms with Gasteiger partial charge in [-0.05, 0) is 71.8 Å². The molecule has 1 aliphatic heterocycles. The third-order valence-electron chi connectivity index (χ3n) is 11.2. The Labute approximate surface area is 356 Å². The van der Waals surface area contributed by atoms with Crippen LogP contribution in [0.4, 0.5) is 9.59 Å². The van der Waals surface area contributed by atoms with Gasteiger partial charge in [-0.2, -0.15) is 0 Å². The van der Waals surface area contributed by atoms with E-state index in [-0.39, 0.29) is 24.4 Å². The maximum atomic E-state index is 14.0. The molecule has 0 bridgehead atoms. The van der Waals surface area contributed by atoms with Crippen LogP contribution in [0.15, 0.2) is 91.1 Å². The first-order valence-corrected chi connectivity index (χ1v) is 21.3. The zero-order valence-electron chi connectivity index (χ0n) is 34.5. The molecular formula is C46H48N8O6S. The van der Waals surface area contributed by atoms with Gasteiger partial charge in [-0.15, -0.1) is 11.3 Å². The number of hydrogen-bond donors (Lipinski definition) is 4. The van der Waals surface area contributed by atoms with Crippen LogP contribution in [-0.4, -0.2) is 87.1 Å². The van der Waals surface area contributed by atoms with Gasteiger partial charge in [0.05, 0.1) is 43.5 Å². The van der Waals surface area contributed by atoms with Crippen LogP contribution < -0.4 is 10.6 Å². The molecule has 8 rings (SSSR count). The van der Waals surface area contributed by atoms with Gasteiger partial charge >= 0.3 is 12.2 Å². The van der Waals surface area contributed by atoms with Gasteiger partial charge in [0.2, 0.25) is 11.8 Å². The lowest BCUT2D eigenvalue weighted by atomic mass is 10.0. The molecule has 4 amide bonds. The Bertz CT molecular complexity index is 2730. The Hall–Kier alpha value is -6.74. The fraction of sp³-hybridized carbons (Fsp3) is 0.304. The van der Waals surface area contributed by atoms with Gasteiger partial charge in [-0.1, -0.05) is 74.5 Å². The summed E-state index contributed by atoms with van der Waals surface area (Å²) in [5.74, 6) is 0.988. The standard InChI is InChI=1S/C46H48N8O6S/c1-5-20-53(44(56)40(52-46(58)60-4)27-11-8-7-9-12-27)26-39-48-34-19-17-28-22-30(16-18-32(28)41(34)51-39)38-24-31-15-14-29(23-37(31)61-38)35-25-47-42(49-35)36-13-10-21-54(36)43(55)33(6-2)50-45(57)59-3/h7-9,11-12,14-19,22-25,33,36,40H,5-6,10,13,20-21,26H2,1-4H3,(H,47,49)(H,48,51)(H,50,57)(H,52,58)/t33?,36-,40+/m0/s1. The van der Waals surface area contributed by atoms with Crippen molar-refractivity contribution >= 4 is 67.2 Å². The molecule has 4 heterocycles. The predicted molar refractivity (Wildman–Crippen MR) is 236 cm³/mol. The normalized spacial score (nSPS) is 14.9. The van der Waals surface area contributed by atoms with Crippen LogP contribution in [0.2, 0.25) is 0 Å². The second-order valence-corrected chi connectivity index (χ2v) is 16.2. The van der Waals surface area contributed by atoms with Gasteiger partial charge in [-0.25, -0.2) is 19.6 Å². The van der Waals surface area contributed by atoms with E-state index in [0.717, 1.165) is 78.7 Å². The number of fused-ring (bicyclic) bond motifs is 4. The number of hydrogen-bond acceptors (Lipinski definition) is 9. The summed E-state index contributed by atoms with van der Waals surface area (Å²) < 4.78 is 10.7. The van der Waals surface area contributed by atoms with Crippen molar-refractivity contribution in [1.82, 2.24) is 40.4 Å².